The topological polar surface area (TPSA) is 98.5 Å². The van der Waals surface area contributed by atoms with Crippen molar-refractivity contribution in [3.05, 3.63) is 47.9 Å². The quantitative estimate of drug-likeness (QED) is 0.594. The highest BCUT2D eigenvalue weighted by Gasteiger charge is 2.38. The van der Waals surface area contributed by atoms with Crippen molar-refractivity contribution in [3.63, 3.8) is 0 Å². The first-order valence-electron chi connectivity index (χ1n) is 11.0. The second-order valence-corrected chi connectivity index (χ2v) is 8.20. The molecule has 0 bridgehead atoms. The molecule has 2 aliphatic heterocycles. The maximum atomic E-state index is 13.5. The SMILES string of the molecule is C=CC(=O)N1CCN(c2nc(OC)nc3c2CCN(c2cccnc2C(F)(F)F)C3)CC1CC#N. The molecule has 2 aliphatic rings. The number of anilines is 2. The molecule has 2 aromatic heterocycles. The third-order valence-corrected chi connectivity index (χ3v) is 6.17. The molecule has 0 N–H and O–H groups in total. The van der Waals surface area contributed by atoms with Gasteiger partial charge in [0, 0.05) is 37.9 Å². The maximum absolute atomic E-state index is 13.5. The van der Waals surface area contributed by atoms with Gasteiger partial charge in [-0.3, -0.25) is 4.79 Å². The fourth-order valence-electron chi connectivity index (χ4n) is 4.55. The van der Waals surface area contributed by atoms with E-state index in [4.69, 9.17) is 4.74 Å². The highest BCUT2D eigenvalue weighted by molar-refractivity contribution is 5.87. The lowest BCUT2D eigenvalue weighted by atomic mass is 10.0. The third-order valence-electron chi connectivity index (χ3n) is 6.17. The van der Waals surface area contributed by atoms with Crippen molar-refractivity contribution >= 4 is 17.4 Å². The van der Waals surface area contributed by atoms with E-state index in [-0.39, 0.29) is 36.6 Å². The molecule has 1 amide bonds. The molecule has 1 saturated heterocycles. The molecular formula is C23H24F3N7O2. The zero-order valence-electron chi connectivity index (χ0n) is 19.1. The zero-order chi connectivity index (χ0) is 25.2. The molecule has 0 saturated carbocycles. The van der Waals surface area contributed by atoms with Gasteiger partial charge in [0.1, 0.15) is 5.82 Å². The Morgan fingerprint density at radius 2 is 2.11 bits per heavy atom. The summed E-state index contributed by atoms with van der Waals surface area (Å²) in [6.45, 7) is 5.22. The minimum atomic E-state index is -4.58. The number of nitriles is 1. The Morgan fingerprint density at radius 1 is 1.31 bits per heavy atom. The molecule has 4 rings (SSSR count). The summed E-state index contributed by atoms with van der Waals surface area (Å²) < 4.78 is 45.9. The van der Waals surface area contributed by atoms with Gasteiger partial charge in [0.2, 0.25) is 5.91 Å². The molecule has 0 aliphatic carbocycles. The van der Waals surface area contributed by atoms with Crippen LogP contribution in [0.3, 0.4) is 0 Å². The number of rotatable bonds is 5. The number of ether oxygens (including phenoxy) is 1. The smallest absolute Gasteiger partial charge is 0.435 e. The molecule has 9 nitrogen and oxygen atoms in total. The number of methoxy groups -OCH3 is 1. The van der Waals surface area contributed by atoms with E-state index in [0.717, 1.165) is 11.8 Å². The summed E-state index contributed by atoms with van der Waals surface area (Å²) in [5, 5.41) is 9.27. The first kappa shape index (κ1) is 24.3. The molecule has 1 atom stereocenters. The third kappa shape index (κ3) is 4.84. The van der Waals surface area contributed by atoms with Crippen LogP contribution in [0, 0.1) is 11.3 Å². The van der Waals surface area contributed by atoms with Gasteiger partial charge in [0.25, 0.3) is 0 Å². The predicted octanol–water partition coefficient (Wildman–Crippen LogP) is 2.58. The van der Waals surface area contributed by atoms with E-state index in [1.807, 2.05) is 4.90 Å². The molecule has 0 spiro atoms. The number of pyridine rings is 1. The van der Waals surface area contributed by atoms with E-state index in [0.29, 0.717) is 44.1 Å². The van der Waals surface area contributed by atoms with Crippen LogP contribution < -0.4 is 14.5 Å². The summed E-state index contributed by atoms with van der Waals surface area (Å²) >= 11 is 0. The van der Waals surface area contributed by atoms with Crippen LogP contribution in [0.4, 0.5) is 24.7 Å². The molecule has 1 fully saturated rings. The van der Waals surface area contributed by atoms with E-state index in [2.05, 4.69) is 27.6 Å². The molecule has 1 unspecified atom stereocenters. The summed E-state index contributed by atoms with van der Waals surface area (Å²) in [5.41, 5.74) is 0.442. The Bertz CT molecular complexity index is 1160. The Hall–Kier alpha value is -3.88. The van der Waals surface area contributed by atoms with Gasteiger partial charge < -0.3 is 19.4 Å². The van der Waals surface area contributed by atoms with Gasteiger partial charge in [0.15, 0.2) is 5.69 Å². The van der Waals surface area contributed by atoms with Gasteiger partial charge in [-0.25, -0.2) is 4.98 Å². The Balaban J connectivity index is 1.66. The highest BCUT2D eigenvalue weighted by Crippen LogP contribution is 2.38. The van der Waals surface area contributed by atoms with E-state index < -0.39 is 11.9 Å². The van der Waals surface area contributed by atoms with Gasteiger partial charge in [-0.15, -0.1) is 0 Å². The number of fused-ring (bicyclic) bond motifs is 1. The second kappa shape index (κ2) is 9.77. The summed E-state index contributed by atoms with van der Waals surface area (Å²) in [7, 11) is 1.42. The number of halogens is 3. The number of hydrogen-bond acceptors (Lipinski definition) is 8. The summed E-state index contributed by atoms with van der Waals surface area (Å²) in [5.74, 6) is 0.377. The zero-order valence-corrected chi connectivity index (χ0v) is 19.1. The minimum Gasteiger partial charge on any atom is -0.467 e. The van der Waals surface area contributed by atoms with Crippen LogP contribution in [-0.2, 0) is 23.9 Å². The Labute approximate surface area is 200 Å². The van der Waals surface area contributed by atoms with Crippen molar-refractivity contribution in [2.45, 2.75) is 31.6 Å². The number of piperazine rings is 1. The van der Waals surface area contributed by atoms with Gasteiger partial charge in [-0.1, -0.05) is 6.58 Å². The fraction of sp³-hybridized carbons (Fsp3) is 0.435. The normalized spacial score (nSPS) is 18.0. The van der Waals surface area contributed by atoms with Crippen LogP contribution in [0.5, 0.6) is 6.01 Å². The molecular weight excluding hydrogens is 463 g/mol. The average molecular weight is 487 g/mol. The predicted molar refractivity (Wildman–Crippen MR) is 121 cm³/mol. The highest BCUT2D eigenvalue weighted by atomic mass is 19.4. The monoisotopic (exact) mass is 487 g/mol. The van der Waals surface area contributed by atoms with E-state index in [1.165, 1.54) is 25.3 Å². The average Bonchev–Trinajstić information content (AvgIpc) is 2.86. The van der Waals surface area contributed by atoms with Crippen LogP contribution in [-0.4, -0.2) is 65.1 Å². The minimum absolute atomic E-state index is 0.00425. The molecule has 0 aromatic carbocycles. The number of nitrogens with zero attached hydrogens (tertiary/aromatic N) is 7. The molecule has 4 heterocycles. The number of carbonyl (C=O) groups excluding carboxylic acids is 1. The number of aromatic nitrogens is 3. The number of carbonyl (C=O) groups is 1. The lowest BCUT2D eigenvalue weighted by Crippen LogP contribution is -2.55. The largest absolute Gasteiger partial charge is 0.467 e. The molecule has 184 valence electrons. The lowest BCUT2D eigenvalue weighted by molar-refractivity contribution is -0.140. The van der Waals surface area contributed by atoms with E-state index >= 15 is 0 Å². The van der Waals surface area contributed by atoms with Crippen molar-refractivity contribution < 1.29 is 22.7 Å². The van der Waals surface area contributed by atoms with Crippen LogP contribution in [0.15, 0.2) is 31.0 Å². The molecule has 2 aromatic rings. The van der Waals surface area contributed by atoms with Crippen molar-refractivity contribution in [1.82, 2.24) is 19.9 Å². The first-order chi connectivity index (χ1) is 16.8. The Morgan fingerprint density at radius 3 is 2.80 bits per heavy atom. The Kier molecular flexibility index (Phi) is 6.77. The van der Waals surface area contributed by atoms with Crippen LogP contribution in [0.2, 0.25) is 0 Å². The van der Waals surface area contributed by atoms with Gasteiger partial charge in [0.05, 0.1) is 43.6 Å². The lowest BCUT2D eigenvalue weighted by Gasteiger charge is -2.42. The van der Waals surface area contributed by atoms with Crippen molar-refractivity contribution in [2.24, 2.45) is 0 Å². The number of hydrogen-bond donors (Lipinski definition) is 0. The van der Waals surface area contributed by atoms with Crippen molar-refractivity contribution in [3.8, 4) is 12.1 Å². The second-order valence-electron chi connectivity index (χ2n) is 8.20. The van der Waals surface area contributed by atoms with Gasteiger partial charge in [-0.05, 0) is 24.6 Å². The molecule has 0 radical (unpaired) electrons. The fourth-order valence-corrected chi connectivity index (χ4v) is 4.55. The molecule has 12 heteroatoms. The van der Waals surface area contributed by atoms with Crippen LogP contribution >= 0.6 is 0 Å². The summed E-state index contributed by atoms with van der Waals surface area (Å²) in [4.78, 5) is 30.0. The maximum Gasteiger partial charge on any atom is 0.435 e. The summed E-state index contributed by atoms with van der Waals surface area (Å²) in [6.07, 6.45) is -1.66. The number of alkyl halides is 3. The molecule has 35 heavy (non-hydrogen) atoms. The van der Waals surface area contributed by atoms with E-state index in [1.54, 1.807) is 9.80 Å². The first-order valence-corrected chi connectivity index (χ1v) is 11.0. The van der Waals surface area contributed by atoms with Gasteiger partial charge >= 0.3 is 12.2 Å². The summed E-state index contributed by atoms with van der Waals surface area (Å²) in [6, 6.07) is 4.77. The standard InChI is InChI=1S/C23H24F3N7O2/c1-3-19(34)33-12-11-32(13-15(33)6-8-27)21-16-7-10-31(14-17(16)29-22(30-21)35-2)18-5-4-9-28-20(18)23(24,25)26/h3-5,9,15H,1,6-7,10-14H2,2H3. The van der Waals surface area contributed by atoms with Gasteiger partial charge in [-0.2, -0.15) is 28.4 Å². The van der Waals surface area contributed by atoms with Crippen LogP contribution in [0.1, 0.15) is 23.4 Å². The van der Waals surface area contributed by atoms with E-state index in [9.17, 15) is 23.2 Å². The van der Waals surface area contributed by atoms with Crippen molar-refractivity contribution in [2.75, 3.05) is 43.1 Å². The van der Waals surface area contributed by atoms with Crippen LogP contribution in [0.25, 0.3) is 0 Å². The van der Waals surface area contributed by atoms with Crippen molar-refractivity contribution in [1.29, 1.82) is 5.26 Å². The number of amides is 1.